The van der Waals surface area contributed by atoms with Crippen molar-refractivity contribution in [3.63, 3.8) is 0 Å². The SMILES string of the molecule is CCOC(CCNC(=NCC(=O)N(C)C)NCCSC)C1CCCC1. The minimum Gasteiger partial charge on any atom is -0.378 e. The Kier molecular flexibility index (Phi) is 11.7. The number of ether oxygens (including phenoxy) is 1. The largest absolute Gasteiger partial charge is 0.378 e. The number of thioether (sulfide) groups is 1. The molecule has 6 nitrogen and oxygen atoms in total. The maximum atomic E-state index is 11.8. The van der Waals surface area contributed by atoms with E-state index in [-0.39, 0.29) is 12.5 Å². The first-order valence-corrected chi connectivity index (χ1v) is 10.8. The van der Waals surface area contributed by atoms with Gasteiger partial charge in [0.05, 0.1) is 6.10 Å². The van der Waals surface area contributed by atoms with Crippen LogP contribution < -0.4 is 10.6 Å². The summed E-state index contributed by atoms with van der Waals surface area (Å²) in [6.45, 7) is 4.65. The van der Waals surface area contributed by atoms with Gasteiger partial charge in [-0.05, 0) is 38.4 Å². The van der Waals surface area contributed by atoms with E-state index in [0.717, 1.165) is 31.9 Å². The second kappa shape index (κ2) is 13.3. The van der Waals surface area contributed by atoms with Gasteiger partial charge in [-0.15, -0.1) is 0 Å². The van der Waals surface area contributed by atoms with Gasteiger partial charge < -0.3 is 20.3 Å². The smallest absolute Gasteiger partial charge is 0.243 e. The molecule has 0 bridgehead atoms. The first-order chi connectivity index (χ1) is 12.1. The zero-order valence-electron chi connectivity index (χ0n) is 16.3. The summed E-state index contributed by atoms with van der Waals surface area (Å²) < 4.78 is 5.97. The van der Waals surface area contributed by atoms with Gasteiger partial charge in [-0.2, -0.15) is 11.8 Å². The van der Waals surface area contributed by atoms with Crippen LogP contribution in [0, 0.1) is 5.92 Å². The molecule has 2 N–H and O–H groups in total. The van der Waals surface area contributed by atoms with Crippen LogP contribution in [0.25, 0.3) is 0 Å². The van der Waals surface area contributed by atoms with E-state index in [9.17, 15) is 4.79 Å². The van der Waals surface area contributed by atoms with Crippen molar-refractivity contribution in [1.29, 1.82) is 0 Å². The third kappa shape index (κ3) is 9.35. The van der Waals surface area contributed by atoms with Crippen LogP contribution in [-0.2, 0) is 9.53 Å². The summed E-state index contributed by atoms with van der Waals surface area (Å²) in [5.41, 5.74) is 0. The molecular formula is C18H36N4O2S. The Morgan fingerprint density at radius 2 is 1.96 bits per heavy atom. The maximum Gasteiger partial charge on any atom is 0.243 e. The van der Waals surface area contributed by atoms with Crippen LogP contribution in [-0.4, -0.2) is 75.2 Å². The highest BCUT2D eigenvalue weighted by Crippen LogP contribution is 2.30. The molecule has 1 unspecified atom stereocenters. The molecule has 0 heterocycles. The van der Waals surface area contributed by atoms with Crippen LogP contribution in [0.2, 0.25) is 0 Å². The highest BCUT2D eigenvalue weighted by molar-refractivity contribution is 7.98. The Balaban J connectivity index is 2.48. The summed E-state index contributed by atoms with van der Waals surface area (Å²) >= 11 is 1.78. The molecular weight excluding hydrogens is 336 g/mol. The molecule has 25 heavy (non-hydrogen) atoms. The Bertz CT molecular complexity index is 399. The lowest BCUT2D eigenvalue weighted by Gasteiger charge is -2.24. The predicted octanol–water partition coefficient (Wildman–Crippen LogP) is 1.96. The van der Waals surface area contributed by atoms with Gasteiger partial charge in [0.2, 0.25) is 5.91 Å². The fourth-order valence-electron chi connectivity index (χ4n) is 3.07. The minimum absolute atomic E-state index is 0.00381. The Hall–Kier alpha value is -0.950. The molecule has 1 saturated carbocycles. The van der Waals surface area contributed by atoms with Crippen molar-refractivity contribution in [2.75, 3.05) is 52.3 Å². The number of aliphatic imine (C=N–C) groups is 1. The van der Waals surface area contributed by atoms with Gasteiger partial charge in [-0.3, -0.25) is 4.79 Å². The van der Waals surface area contributed by atoms with Gasteiger partial charge >= 0.3 is 0 Å². The van der Waals surface area contributed by atoms with Crippen molar-refractivity contribution in [3.8, 4) is 0 Å². The molecule has 0 aromatic heterocycles. The van der Waals surface area contributed by atoms with Crippen molar-refractivity contribution < 1.29 is 9.53 Å². The van der Waals surface area contributed by atoms with Gasteiger partial charge in [0.1, 0.15) is 6.54 Å². The molecule has 0 saturated heterocycles. The molecule has 1 rings (SSSR count). The van der Waals surface area contributed by atoms with Crippen LogP contribution in [0.1, 0.15) is 39.0 Å². The summed E-state index contributed by atoms with van der Waals surface area (Å²) in [6, 6.07) is 0. The lowest BCUT2D eigenvalue weighted by Crippen LogP contribution is -2.41. The van der Waals surface area contributed by atoms with E-state index >= 15 is 0 Å². The van der Waals surface area contributed by atoms with Crippen molar-refractivity contribution in [2.24, 2.45) is 10.9 Å². The third-order valence-corrected chi connectivity index (χ3v) is 5.11. The Morgan fingerprint density at radius 3 is 2.56 bits per heavy atom. The van der Waals surface area contributed by atoms with E-state index in [1.54, 1.807) is 30.8 Å². The molecule has 146 valence electrons. The molecule has 0 radical (unpaired) electrons. The maximum absolute atomic E-state index is 11.8. The second-order valence-corrected chi connectivity index (χ2v) is 7.61. The monoisotopic (exact) mass is 372 g/mol. The summed E-state index contributed by atoms with van der Waals surface area (Å²) in [7, 11) is 3.50. The normalized spacial score (nSPS) is 16.7. The van der Waals surface area contributed by atoms with Crippen molar-refractivity contribution in [1.82, 2.24) is 15.5 Å². The molecule has 1 aliphatic rings. The third-order valence-electron chi connectivity index (χ3n) is 4.50. The van der Waals surface area contributed by atoms with Crippen LogP contribution in [0.3, 0.4) is 0 Å². The number of hydrogen-bond acceptors (Lipinski definition) is 4. The lowest BCUT2D eigenvalue weighted by molar-refractivity contribution is -0.127. The number of nitrogens with zero attached hydrogens (tertiary/aromatic N) is 2. The second-order valence-electron chi connectivity index (χ2n) is 6.63. The van der Waals surface area contributed by atoms with E-state index < -0.39 is 0 Å². The molecule has 0 aromatic rings. The zero-order valence-corrected chi connectivity index (χ0v) is 17.2. The molecule has 0 spiro atoms. The molecule has 1 aliphatic carbocycles. The number of likely N-dealkylation sites (N-methyl/N-ethyl adjacent to an activating group) is 1. The van der Waals surface area contributed by atoms with Gasteiger partial charge in [-0.1, -0.05) is 12.8 Å². The number of hydrogen-bond donors (Lipinski definition) is 2. The lowest BCUT2D eigenvalue weighted by atomic mass is 9.98. The first kappa shape index (κ1) is 22.1. The number of amides is 1. The molecule has 0 aliphatic heterocycles. The molecule has 1 fully saturated rings. The van der Waals surface area contributed by atoms with E-state index in [1.807, 2.05) is 0 Å². The molecule has 1 amide bonds. The van der Waals surface area contributed by atoms with Crippen LogP contribution in [0.4, 0.5) is 0 Å². The molecule has 0 aromatic carbocycles. The Morgan fingerprint density at radius 1 is 1.28 bits per heavy atom. The summed E-state index contributed by atoms with van der Waals surface area (Å²) in [4.78, 5) is 17.7. The number of carbonyl (C=O) groups is 1. The van der Waals surface area contributed by atoms with Gasteiger partial charge in [0.15, 0.2) is 5.96 Å². The summed E-state index contributed by atoms with van der Waals surface area (Å²) in [5.74, 6) is 2.42. The summed E-state index contributed by atoms with van der Waals surface area (Å²) in [6.07, 6.45) is 8.62. The summed E-state index contributed by atoms with van der Waals surface area (Å²) in [5, 5.41) is 6.66. The van der Waals surface area contributed by atoms with E-state index in [0.29, 0.717) is 18.0 Å². The van der Waals surface area contributed by atoms with Crippen LogP contribution >= 0.6 is 11.8 Å². The predicted molar refractivity (Wildman–Crippen MR) is 107 cm³/mol. The molecule has 1 atom stereocenters. The van der Waals surface area contributed by atoms with E-state index in [1.165, 1.54) is 25.7 Å². The topological polar surface area (TPSA) is 66.0 Å². The van der Waals surface area contributed by atoms with Gasteiger partial charge in [0.25, 0.3) is 0 Å². The Labute approximate surface area is 157 Å². The van der Waals surface area contributed by atoms with E-state index in [4.69, 9.17) is 4.74 Å². The first-order valence-electron chi connectivity index (χ1n) is 9.41. The van der Waals surface area contributed by atoms with Crippen molar-refractivity contribution in [2.45, 2.75) is 45.1 Å². The minimum atomic E-state index is 0.00381. The molecule has 7 heteroatoms. The van der Waals surface area contributed by atoms with Crippen LogP contribution in [0.15, 0.2) is 4.99 Å². The van der Waals surface area contributed by atoms with Crippen LogP contribution in [0.5, 0.6) is 0 Å². The standard InChI is InChI=1S/C18H36N4O2S/c1-5-24-16(15-8-6-7-9-15)10-11-19-18(20-12-13-25-4)21-14-17(23)22(2)3/h15-16H,5-14H2,1-4H3,(H2,19,20,21). The van der Waals surface area contributed by atoms with Gasteiger partial charge in [0, 0.05) is 39.5 Å². The highest BCUT2D eigenvalue weighted by Gasteiger charge is 2.25. The fourth-order valence-corrected chi connectivity index (χ4v) is 3.37. The average Bonchev–Trinajstić information content (AvgIpc) is 3.12. The number of nitrogens with one attached hydrogen (secondary N) is 2. The highest BCUT2D eigenvalue weighted by atomic mass is 32.2. The quantitative estimate of drug-likeness (QED) is 0.330. The van der Waals surface area contributed by atoms with Crippen molar-refractivity contribution >= 4 is 23.6 Å². The number of carbonyl (C=O) groups excluding carboxylic acids is 1. The zero-order chi connectivity index (χ0) is 18.5. The van der Waals surface area contributed by atoms with E-state index in [2.05, 4.69) is 28.8 Å². The number of guanidine groups is 1. The van der Waals surface area contributed by atoms with Gasteiger partial charge in [-0.25, -0.2) is 4.99 Å². The average molecular weight is 373 g/mol. The van der Waals surface area contributed by atoms with Crippen molar-refractivity contribution in [3.05, 3.63) is 0 Å². The number of rotatable bonds is 11. The fraction of sp³-hybridized carbons (Fsp3) is 0.889.